The van der Waals surface area contributed by atoms with Crippen LogP contribution in [0.1, 0.15) is 18.9 Å². The number of nitrogens with one attached hydrogen (secondary N) is 1. The molecule has 0 aromatic heterocycles. The van der Waals surface area contributed by atoms with Crippen LogP contribution in [0.2, 0.25) is 0 Å². The van der Waals surface area contributed by atoms with Gasteiger partial charge in [0.15, 0.2) is 5.78 Å². The van der Waals surface area contributed by atoms with Crippen molar-refractivity contribution in [1.82, 2.24) is 10.2 Å². The molecular formula is C18H23ClN2O4. The summed E-state index contributed by atoms with van der Waals surface area (Å²) in [4.78, 5) is 26.4. The highest BCUT2D eigenvalue weighted by Gasteiger charge is 2.39. The summed E-state index contributed by atoms with van der Waals surface area (Å²) in [6.07, 6.45) is 2.02. The number of rotatable bonds is 4. The SMILES string of the molecule is CCOC(=O)C1CNCCN1C1CC(=O)C=C1c1ccc(O)cc1.Cl. The highest BCUT2D eigenvalue weighted by Crippen LogP contribution is 2.33. The van der Waals surface area contributed by atoms with Crippen LogP contribution >= 0.6 is 12.4 Å². The van der Waals surface area contributed by atoms with Gasteiger partial charge in [0, 0.05) is 32.1 Å². The number of nitrogens with zero attached hydrogens (tertiary/aromatic N) is 1. The number of piperazine rings is 1. The molecule has 1 aromatic carbocycles. The first kappa shape index (κ1) is 19.4. The monoisotopic (exact) mass is 366 g/mol. The Bertz CT molecular complexity index is 660. The van der Waals surface area contributed by atoms with Gasteiger partial charge in [0.2, 0.25) is 0 Å². The molecule has 2 aliphatic rings. The average Bonchev–Trinajstić information content (AvgIpc) is 2.97. The van der Waals surface area contributed by atoms with Gasteiger partial charge in [-0.15, -0.1) is 12.4 Å². The average molecular weight is 367 g/mol. The fourth-order valence-corrected chi connectivity index (χ4v) is 3.40. The molecule has 2 unspecified atom stereocenters. The highest BCUT2D eigenvalue weighted by molar-refractivity contribution is 6.04. The van der Waals surface area contributed by atoms with Crippen LogP contribution in [0.5, 0.6) is 5.75 Å². The van der Waals surface area contributed by atoms with E-state index in [1.54, 1.807) is 37.3 Å². The van der Waals surface area contributed by atoms with Gasteiger partial charge in [-0.3, -0.25) is 14.5 Å². The number of allylic oxidation sites excluding steroid dienone is 1. The van der Waals surface area contributed by atoms with Crippen molar-refractivity contribution in [2.75, 3.05) is 26.2 Å². The number of esters is 1. The predicted octanol–water partition coefficient (Wildman–Crippen LogP) is 1.38. The summed E-state index contributed by atoms with van der Waals surface area (Å²) in [6, 6.07) is 6.28. The number of carbonyl (C=O) groups excluding carboxylic acids is 2. The smallest absolute Gasteiger partial charge is 0.324 e. The number of halogens is 1. The molecule has 7 heteroatoms. The number of ether oxygens (including phenoxy) is 1. The van der Waals surface area contributed by atoms with Crippen LogP contribution in [-0.4, -0.2) is 60.1 Å². The first-order valence-electron chi connectivity index (χ1n) is 8.27. The van der Waals surface area contributed by atoms with Gasteiger partial charge < -0.3 is 15.2 Å². The molecule has 0 amide bonds. The summed E-state index contributed by atoms with van der Waals surface area (Å²) in [5.41, 5.74) is 1.79. The summed E-state index contributed by atoms with van der Waals surface area (Å²) in [6.45, 7) is 4.10. The molecule has 6 nitrogen and oxygen atoms in total. The topological polar surface area (TPSA) is 78.9 Å². The molecule has 2 atom stereocenters. The zero-order valence-electron chi connectivity index (χ0n) is 14.1. The minimum atomic E-state index is -0.393. The minimum absolute atomic E-state index is 0. The van der Waals surface area contributed by atoms with Crippen LogP contribution in [0.15, 0.2) is 30.3 Å². The van der Waals surface area contributed by atoms with Crippen LogP contribution in [0.4, 0.5) is 0 Å². The lowest BCUT2D eigenvalue weighted by Crippen LogP contribution is -2.58. The molecule has 1 saturated heterocycles. The molecular weight excluding hydrogens is 344 g/mol. The van der Waals surface area contributed by atoms with Crippen molar-refractivity contribution >= 4 is 29.7 Å². The van der Waals surface area contributed by atoms with E-state index in [2.05, 4.69) is 10.2 Å². The summed E-state index contributed by atoms with van der Waals surface area (Å²) >= 11 is 0. The molecule has 0 spiro atoms. The first-order valence-corrected chi connectivity index (χ1v) is 8.27. The molecule has 3 rings (SSSR count). The lowest BCUT2D eigenvalue weighted by Gasteiger charge is -2.39. The number of benzene rings is 1. The molecule has 1 aliphatic heterocycles. The molecule has 2 N–H and O–H groups in total. The number of aromatic hydroxyl groups is 1. The molecule has 136 valence electrons. The standard InChI is InChI=1S/C18H22N2O4.ClH/c1-2-24-18(23)17-11-19-7-8-20(17)16-10-14(22)9-15(16)12-3-5-13(21)6-4-12;/h3-6,9,16-17,19,21H,2,7-8,10-11H2,1H3;1H. The van der Waals surface area contributed by atoms with E-state index in [1.165, 1.54) is 0 Å². The fourth-order valence-electron chi connectivity index (χ4n) is 3.40. The predicted molar refractivity (Wildman–Crippen MR) is 96.7 cm³/mol. The molecule has 0 bridgehead atoms. The van der Waals surface area contributed by atoms with Crippen molar-refractivity contribution in [2.24, 2.45) is 0 Å². The lowest BCUT2D eigenvalue weighted by molar-refractivity contribution is -0.151. The summed E-state index contributed by atoms with van der Waals surface area (Å²) in [5, 5.41) is 12.7. The molecule has 1 fully saturated rings. The molecule has 1 aliphatic carbocycles. The van der Waals surface area contributed by atoms with E-state index in [4.69, 9.17) is 4.74 Å². The van der Waals surface area contributed by atoms with Gasteiger partial charge in [0.25, 0.3) is 0 Å². The second-order valence-corrected chi connectivity index (χ2v) is 6.04. The third-order valence-corrected chi connectivity index (χ3v) is 4.51. The third kappa shape index (κ3) is 4.21. The second-order valence-electron chi connectivity index (χ2n) is 6.04. The van der Waals surface area contributed by atoms with Crippen molar-refractivity contribution in [1.29, 1.82) is 0 Å². The number of carbonyl (C=O) groups is 2. The maximum atomic E-state index is 12.3. The van der Waals surface area contributed by atoms with E-state index < -0.39 is 6.04 Å². The third-order valence-electron chi connectivity index (χ3n) is 4.51. The van der Waals surface area contributed by atoms with Gasteiger partial charge in [0.05, 0.1) is 6.61 Å². The normalized spacial score (nSPS) is 23.7. The summed E-state index contributed by atoms with van der Waals surface area (Å²) < 4.78 is 5.20. The second kappa shape index (κ2) is 8.47. The van der Waals surface area contributed by atoms with Gasteiger partial charge in [-0.1, -0.05) is 12.1 Å². The van der Waals surface area contributed by atoms with Gasteiger partial charge in [-0.2, -0.15) is 0 Å². The summed E-state index contributed by atoms with van der Waals surface area (Å²) in [5.74, 6) is -0.00915. The zero-order valence-corrected chi connectivity index (χ0v) is 14.9. The Hall–Kier alpha value is -1.89. The maximum Gasteiger partial charge on any atom is 0.324 e. The van der Waals surface area contributed by atoms with Crippen LogP contribution in [0.3, 0.4) is 0 Å². The summed E-state index contributed by atoms with van der Waals surface area (Å²) in [7, 11) is 0. The highest BCUT2D eigenvalue weighted by atomic mass is 35.5. The molecule has 0 saturated carbocycles. The van der Waals surface area contributed by atoms with E-state index in [0.717, 1.165) is 17.7 Å². The lowest BCUT2D eigenvalue weighted by atomic mass is 9.97. The van der Waals surface area contributed by atoms with Crippen LogP contribution in [0, 0.1) is 0 Å². The molecule has 0 radical (unpaired) electrons. The quantitative estimate of drug-likeness (QED) is 0.784. The molecule has 1 heterocycles. The molecule has 1 aromatic rings. The Labute approximate surface area is 153 Å². The van der Waals surface area contributed by atoms with Crippen molar-refractivity contribution in [3.05, 3.63) is 35.9 Å². The van der Waals surface area contributed by atoms with E-state index in [9.17, 15) is 14.7 Å². The maximum absolute atomic E-state index is 12.3. The Balaban J connectivity index is 0.00000225. The van der Waals surface area contributed by atoms with Crippen molar-refractivity contribution in [2.45, 2.75) is 25.4 Å². The van der Waals surface area contributed by atoms with Gasteiger partial charge in [-0.05, 0) is 36.3 Å². The van der Waals surface area contributed by atoms with E-state index in [1.807, 2.05) is 0 Å². The number of hydrogen-bond acceptors (Lipinski definition) is 6. The Morgan fingerprint density at radius 3 is 2.76 bits per heavy atom. The minimum Gasteiger partial charge on any atom is -0.508 e. The van der Waals surface area contributed by atoms with Gasteiger partial charge >= 0.3 is 5.97 Å². The van der Waals surface area contributed by atoms with Gasteiger partial charge in [-0.25, -0.2) is 0 Å². The fraction of sp³-hybridized carbons (Fsp3) is 0.444. The number of phenols is 1. The van der Waals surface area contributed by atoms with Crippen LogP contribution < -0.4 is 5.32 Å². The molecule has 25 heavy (non-hydrogen) atoms. The largest absolute Gasteiger partial charge is 0.508 e. The van der Waals surface area contributed by atoms with Gasteiger partial charge in [0.1, 0.15) is 11.8 Å². The van der Waals surface area contributed by atoms with Crippen molar-refractivity contribution < 1.29 is 19.4 Å². The first-order chi connectivity index (χ1) is 11.6. The number of phenolic OH excluding ortho intramolecular Hbond substituents is 1. The van der Waals surface area contributed by atoms with Crippen molar-refractivity contribution in [3.8, 4) is 5.75 Å². The zero-order chi connectivity index (χ0) is 17.1. The van der Waals surface area contributed by atoms with Crippen LogP contribution in [-0.2, 0) is 14.3 Å². The Morgan fingerprint density at radius 1 is 1.36 bits per heavy atom. The Morgan fingerprint density at radius 2 is 2.08 bits per heavy atom. The van der Waals surface area contributed by atoms with Crippen LogP contribution in [0.25, 0.3) is 5.57 Å². The van der Waals surface area contributed by atoms with E-state index in [0.29, 0.717) is 26.1 Å². The van der Waals surface area contributed by atoms with E-state index >= 15 is 0 Å². The Kier molecular flexibility index (Phi) is 6.58. The van der Waals surface area contributed by atoms with Crippen molar-refractivity contribution in [3.63, 3.8) is 0 Å². The number of hydrogen-bond donors (Lipinski definition) is 2. The number of ketones is 1. The van der Waals surface area contributed by atoms with E-state index in [-0.39, 0.29) is 36.0 Å².